The molecule has 38 heavy (non-hydrogen) atoms. The highest BCUT2D eigenvalue weighted by Gasteiger charge is 2.56. The number of pyridine rings is 1. The molecule has 0 atom stereocenters. The lowest BCUT2D eigenvalue weighted by atomic mass is 10.0. The Morgan fingerprint density at radius 3 is 2.26 bits per heavy atom. The second-order valence-corrected chi connectivity index (χ2v) is 9.11. The fourth-order valence-corrected chi connectivity index (χ4v) is 3.86. The molecule has 196 valence electrons. The van der Waals surface area contributed by atoms with Gasteiger partial charge in [-0.15, -0.1) is 0 Å². The number of amides is 4. The largest absolute Gasteiger partial charge is 0.457 e. The first-order valence-electron chi connectivity index (χ1n) is 11.8. The van der Waals surface area contributed by atoms with Gasteiger partial charge in [-0.3, -0.25) is 14.9 Å². The summed E-state index contributed by atoms with van der Waals surface area (Å²) < 4.78 is 33.6. The van der Waals surface area contributed by atoms with Crippen molar-refractivity contribution in [3.05, 3.63) is 72.4 Å². The number of aliphatic hydroxyl groups is 1. The van der Waals surface area contributed by atoms with Crippen LogP contribution in [0, 0.1) is 17.0 Å². The van der Waals surface area contributed by atoms with E-state index in [1.165, 1.54) is 59.6 Å². The van der Waals surface area contributed by atoms with E-state index in [4.69, 9.17) is 4.74 Å². The van der Waals surface area contributed by atoms with Gasteiger partial charge in [-0.1, -0.05) is 0 Å². The van der Waals surface area contributed by atoms with E-state index in [0.717, 1.165) is 6.07 Å². The number of aromatic nitrogens is 1. The maximum absolute atomic E-state index is 14.8. The molecule has 5 rings (SSSR count). The number of ether oxygens (including phenoxy) is 1. The van der Waals surface area contributed by atoms with Crippen molar-refractivity contribution in [2.24, 2.45) is 5.41 Å². The molecule has 2 aromatic carbocycles. The molecule has 3 aromatic rings. The molecular weight excluding hydrogens is 500 g/mol. The highest BCUT2D eigenvalue weighted by Crippen LogP contribution is 2.47. The Hall–Kier alpha value is -4.58. The molecule has 1 saturated heterocycles. The van der Waals surface area contributed by atoms with Crippen LogP contribution < -0.4 is 20.7 Å². The van der Waals surface area contributed by atoms with Crippen LogP contribution in [0.5, 0.6) is 11.5 Å². The Morgan fingerprint density at radius 2 is 1.61 bits per heavy atom. The zero-order chi connectivity index (χ0) is 26.9. The number of halogens is 2. The van der Waals surface area contributed by atoms with Crippen LogP contribution in [-0.4, -0.2) is 52.0 Å². The van der Waals surface area contributed by atoms with Gasteiger partial charge in [0.15, 0.2) is 0 Å². The Kier molecular flexibility index (Phi) is 6.64. The number of likely N-dealkylation sites (tertiary alicyclic amines) is 1. The molecule has 0 bridgehead atoms. The van der Waals surface area contributed by atoms with Gasteiger partial charge in [0.25, 0.3) is 0 Å². The van der Waals surface area contributed by atoms with Crippen molar-refractivity contribution in [3.63, 3.8) is 0 Å². The van der Waals surface area contributed by atoms with Crippen molar-refractivity contribution in [1.82, 2.24) is 9.88 Å². The van der Waals surface area contributed by atoms with E-state index in [0.29, 0.717) is 18.5 Å². The molecular formula is C26H23F2N5O5. The molecule has 1 aromatic heterocycles. The van der Waals surface area contributed by atoms with Gasteiger partial charge in [-0.05, 0) is 55.3 Å². The summed E-state index contributed by atoms with van der Waals surface area (Å²) in [5.74, 6) is -1.79. The molecule has 1 aliphatic heterocycles. The van der Waals surface area contributed by atoms with Crippen LogP contribution in [0.15, 0.2) is 60.8 Å². The summed E-state index contributed by atoms with van der Waals surface area (Å²) in [5, 5.41) is 17.0. The van der Waals surface area contributed by atoms with Crippen molar-refractivity contribution in [1.29, 1.82) is 0 Å². The lowest BCUT2D eigenvalue weighted by Crippen LogP contribution is -2.54. The van der Waals surface area contributed by atoms with Gasteiger partial charge in [0.05, 0.1) is 24.9 Å². The summed E-state index contributed by atoms with van der Waals surface area (Å²) in [5.41, 5.74) is -1.11. The van der Waals surface area contributed by atoms with Crippen molar-refractivity contribution in [2.75, 3.05) is 29.0 Å². The van der Waals surface area contributed by atoms with Gasteiger partial charge in [-0.25, -0.2) is 18.6 Å². The molecule has 2 aliphatic rings. The van der Waals surface area contributed by atoms with Crippen molar-refractivity contribution >= 4 is 35.0 Å². The number of carbonyl (C=O) groups is 3. The second kappa shape index (κ2) is 10.1. The summed E-state index contributed by atoms with van der Waals surface area (Å²) in [6, 6.07) is 11.6. The fraction of sp³-hybridized carbons (Fsp3) is 0.231. The highest BCUT2D eigenvalue weighted by atomic mass is 19.1. The number of anilines is 3. The van der Waals surface area contributed by atoms with E-state index in [1.54, 1.807) is 0 Å². The third kappa shape index (κ3) is 5.39. The number of rotatable bonds is 7. The number of nitrogens with zero attached hydrogens (tertiary/aromatic N) is 2. The van der Waals surface area contributed by atoms with Gasteiger partial charge < -0.3 is 25.4 Å². The average Bonchev–Trinajstić information content (AvgIpc) is 3.68. The standard InChI is InChI=1S/C26H23F2N5O5/c27-15-1-3-16(4-2-15)30-23(35)26(8-9-26)24(36)31-21-6-5-18(11-20(21)28)38-19-7-10-29-22(12-19)32-25(37)33-13-17(34)14-33/h1-7,10-12,17,34H,8-9,13-14H2,(H,30,35)(H,31,36)(H,29,32,37). The molecule has 0 radical (unpaired) electrons. The van der Waals surface area contributed by atoms with Crippen LogP contribution in [-0.2, 0) is 9.59 Å². The zero-order valence-electron chi connectivity index (χ0n) is 19.9. The molecule has 0 spiro atoms. The number of hydrogen-bond acceptors (Lipinski definition) is 6. The summed E-state index contributed by atoms with van der Waals surface area (Å²) in [7, 11) is 0. The molecule has 4 amide bonds. The van der Waals surface area contributed by atoms with E-state index < -0.39 is 41.0 Å². The van der Waals surface area contributed by atoms with Crippen LogP contribution in [0.1, 0.15) is 12.8 Å². The van der Waals surface area contributed by atoms with Gasteiger partial charge in [-0.2, -0.15) is 0 Å². The number of benzene rings is 2. The normalized spacial score (nSPS) is 15.7. The molecule has 1 saturated carbocycles. The smallest absolute Gasteiger partial charge is 0.323 e. The summed E-state index contributed by atoms with van der Waals surface area (Å²) >= 11 is 0. The van der Waals surface area contributed by atoms with Gasteiger partial charge in [0.1, 0.15) is 34.4 Å². The number of aliphatic hydroxyl groups excluding tert-OH is 1. The van der Waals surface area contributed by atoms with Gasteiger partial charge >= 0.3 is 6.03 Å². The first kappa shape index (κ1) is 25.1. The van der Waals surface area contributed by atoms with E-state index in [9.17, 15) is 28.3 Å². The Labute approximate surface area is 215 Å². The first-order chi connectivity index (χ1) is 18.2. The SMILES string of the molecule is O=C(Nc1cc(Oc2ccc(NC(=O)C3(C(=O)Nc4ccc(F)cc4)CC3)c(F)c2)ccn1)N1CC(O)C1. The third-order valence-corrected chi connectivity index (χ3v) is 6.26. The minimum Gasteiger partial charge on any atom is -0.457 e. The first-order valence-corrected chi connectivity index (χ1v) is 11.8. The van der Waals surface area contributed by atoms with Crippen LogP contribution >= 0.6 is 0 Å². The predicted octanol–water partition coefficient (Wildman–Crippen LogP) is 3.72. The van der Waals surface area contributed by atoms with Gasteiger partial charge in [0, 0.05) is 24.0 Å². The molecule has 1 aliphatic carbocycles. The average molecular weight is 523 g/mol. The minimum atomic E-state index is -1.33. The van der Waals surface area contributed by atoms with Crippen LogP contribution in [0.2, 0.25) is 0 Å². The predicted molar refractivity (Wildman–Crippen MR) is 133 cm³/mol. The van der Waals surface area contributed by atoms with Crippen LogP contribution in [0.4, 0.5) is 30.8 Å². The second-order valence-electron chi connectivity index (χ2n) is 9.11. The number of urea groups is 1. The number of hydrogen-bond donors (Lipinski definition) is 4. The molecule has 4 N–H and O–H groups in total. The van der Waals surface area contributed by atoms with Gasteiger partial charge in [0.2, 0.25) is 11.8 Å². The summed E-state index contributed by atoms with van der Waals surface area (Å²) in [6.45, 7) is 0.481. The maximum Gasteiger partial charge on any atom is 0.323 e. The molecule has 0 unspecified atom stereocenters. The Balaban J connectivity index is 1.20. The van der Waals surface area contributed by atoms with Crippen LogP contribution in [0.25, 0.3) is 0 Å². The molecule has 2 fully saturated rings. The molecule has 2 heterocycles. The van der Waals surface area contributed by atoms with Crippen molar-refractivity contribution in [3.8, 4) is 11.5 Å². The summed E-state index contributed by atoms with van der Waals surface area (Å²) in [4.78, 5) is 43.1. The van der Waals surface area contributed by atoms with Crippen molar-refractivity contribution < 1.29 is 33.0 Å². The van der Waals surface area contributed by atoms with E-state index >= 15 is 0 Å². The Bertz CT molecular complexity index is 1390. The lowest BCUT2D eigenvalue weighted by Gasteiger charge is -2.35. The monoisotopic (exact) mass is 523 g/mol. The number of nitrogens with one attached hydrogen (secondary N) is 3. The summed E-state index contributed by atoms with van der Waals surface area (Å²) in [6.07, 6.45) is 1.48. The number of β-amino-alcohol motifs (C(OH)–C–C–N with tert-alkyl or cyclic N) is 1. The lowest BCUT2D eigenvalue weighted by molar-refractivity contribution is -0.131. The fourth-order valence-electron chi connectivity index (χ4n) is 3.86. The number of carbonyl (C=O) groups excluding carboxylic acids is 3. The molecule has 12 heteroatoms. The topological polar surface area (TPSA) is 133 Å². The zero-order valence-corrected chi connectivity index (χ0v) is 19.9. The maximum atomic E-state index is 14.8. The van der Waals surface area contributed by atoms with Crippen LogP contribution in [0.3, 0.4) is 0 Å². The van der Waals surface area contributed by atoms with E-state index in [2.05, 4.69) is 20.9 Å². The quantitative estimate of drug-likeness (QED) is 0.349. The van der Waals surface area contributed by atoms with Crippen molar-refractivity contribution in [2.45, 2.75) is 18.9 Å². The van der Waals surface area contributed by atoms with E-state index in [1.807, 2.05) is 0 Å². The van der Waals surface area contributed by atoms with E-state index in [-0.39, 0.29) is 36.1 Å². The molecule has 10 nitrogen and oxygen atoms in total. The Morgan fingerprint density at radius 1 is 0.921 bits per heavy atom. The highest BCUT2D eigenvalue weighted by molar-refractivity contribution is 6.16. The third-order valence-electron chi connectivity index (χ3n) is 6.26. The minimum absolute atomic E-state index is 0.123.